The molecule has 5 nitrogen and oxygen atoms in total. The molecule has 2 aromatic rings. The van der Waals surface area contributed by atoms with Crippen molar-refractivity contribution in [3.05, 3.63) is 44.4 Å². The third-order valence-electron chi connectivity index (χ3n) is 2.28. The van der Waals surface area contributed by atoms with Crippen LogP contribution < -0.4 is 10.1 Å². The fourth-order valence-corrected chi connectivity index (χ4v) is 2.30. The van der Waals surface area contributed by atoms with Gasteiger partial charge in [0.05, 0.1) is 12.7 Å². The van der Waals surface area contributed by atoms with Gasteiger partial charge in [0.25, 0.3) is 5.91 Å². The molecule has 0 aliphatic carbocycles. The van der Waals surface area contributed by atoms with Crippen LogP contribution in [0.1, 0.15) is 10.4 Å². The van der Waals surface area contributed by atoms with Crippen molar-refractivity contribution in [3.63, 3.8) is 0 Å². The standard InChI is InChI=1S/C12H8ClFIN3O2/c1-20-10-5-9(13)16-12(17-10)18-11(19)7-3-2-6(14)4-8(7)15/h2-5H,1H3,(H,16,17,18,19). The summed E-state index contributed by atoms with van der Waals surface area (Å²) in [6, 6.07) is 5.26. The van der Waals surface area contributed by atoms with E-state index in [-0.39, 0.29) is 17.0 Å². The van der Waals surface area contributed by atoms with Gasteiger partial charge in [0.2, 0.25) is 11.8 Å². The van der Waals surface area contributed by atoms with E-state index in [2.05, 4.69) is 15.3 Å². The van der Waals surface area contributed by atoms with Gasteiger partial charge in [0.15, 0.2) is 0 Å². The van der Waals surface area contributed by atoms with Crippen LogP contribution in [0.2, 0.25) is 5.15 Å². The largest absolute Gasteiger partial charge is 0.481 e. The molecule has 1 amide bonds. The lowest BCUT2D eigenvalue weighted by molar-refractivity contribution is 0.102. The number of hydrogen-bond donors (Lipinski definition) is 1. The molecule has 0 radical (unpaired) electrons. The minimum Gasteiger partial charge on any atom is -0.481 e. The van der Waals surface area contributed by atoms with Crippen LogP contribution in [0, 0.1) is 9.39 Å². The van der Waals surface area contributed by atoms with E-state index in [1.54, 1.807) is 0 Å². The number of aromatic nitrogens is 2. The molecule has 0 aliphatic heterocycles. The summed E-state index contributed by atoms with van der Waals surface area (Å²) in [5.74, 6) is -0.626. The maximum Gasteiger partial charge on any atom is 0.259 e. The molecule has 1 heterocycles. The third-order valence-corrected chi connectivity index (χ3v) is 3.37. The molecule has 1 aromatic carbocycles. The lowest BCUT2D eigenvalue weighted by atomic mass is 10.2. The molecule has 0 unspecified atom stereocenters. The van der Waals surface area contributed by atoms with Crippen molar-refractivity contribution in [3.8, 4) is 5.88 Å². The summed E-state index contributed by atoms with van der Waals surface area (Å²) in [5.41, 5.74) is 0.314. The van der Waals surface area contributed by atoms with Crippen molar-refractivity contribution in [2.75, 3.05) is 12.4 Å². The van der Waals surface area contributed by atoms with Crippen LogP contribution in [0.4, 0.5) is 10.3 Å². The number of halogens is 3. The van der Waals surface area contributed by atoms with Crippen LogP contribution in [0.3, 0.4) is 0 Å². The quantitative estimate of drug-likeness (QED) is 0.627. The van der Waals surface area contributed by atoms with Gasteiger partial charge in [-0.1, -0.05) is 11.6 Å². The summed E-state index contributed by atoms with van der Waals surface area (Å²) in [4.78, 5) is 19.9. The van der Waals surface area contributed by atoms with Crippen molar-refractivity contribution in [2.45, 2.75) is 0 Å². The first-order chi connectivity index (χ1) is 9.49. The van der Waals surface area contributed by atoms with Crippen LogP contribution in [-0.2, 0) is 0 Å². The van der Waals surface area contributed by atoms with Gasteiger partial charge in [-0.2, -0.15) is 4.98 Å². The van der Waals surface area contributed by atoms with E-state index in [4.69, 9.17) is 16.3 Å². The Kier molecular flexibility index (Phi) is 4.71. The summed E-state index contributed by atoms with van der Waals surface area (Å²) >= 11 is 7.65. The van der Waals surface area contributed by atoms with Crippen molar-refractivity contribution in [2.24, 2.45) is 0 Å². The Balaban J connectivity index is 2.25. The molecule has 0 atom stereocenters. The number of nitrogens with one attached hydrogen (secondary N) is 1. The molecular formula is C12H8ClFIN3O2. The Morgan fingerprint density at radius 1 is 1.40 bits per heavy atom. The van der Waals surface area contributed by atoms with E-state index in [0.29, 0.717) is 9.13 Å². The van der Waals surface area contributed by atoms with Crippen molar-refractivity contribution < 1.29 is 13.9 Å². The van der Waals surface area contributed by atoms with E-state index in [0.717, 1.165) is 0 Å². The second-order valence-corrected chi connectivity index (χ2v) is 5.18. The van der Waals surface area contributed by atoms with E-state index < -0.39 is 11.7 Å². The molecule has 0 fully saturated rings. The van der Waals surface area contributed by atoms with Crippen LogP contribution >= 0.6 is 34.2 Å². The van der Waals surface area contributed by atoms with Crippen molar-refractivity contribution in [1.29, 1.82) is 0 Å². The van der Waals surface area contributed by atoms with Gasteiger partial charge in [-0.05, 0) is 40.8 Å². The molecule has 2 rings (SSSR count). The SMILES string of the molecule is COc1cc(Cl)nc(NC(=O)c2ccc(F)cc2I)n1. The number of anilines is 1. The second-order valence-electron chi connectivity index (χ2n) is 3.63. The zero-order chi connectivity index (χ0) is 14.7. The number of benzene rings is 1. The monoisotopic (exact) mass is 407 g/mol. The topological polar surface area (TPSA) is 64.1 Å². The average molecular weight is 408 g/mol. The van der Waals surface area contributed by atoms with E-state index in [1.807, 2.05) is 22.6 Å². The number of ether oxygens (including phenoxy) is 1. The van der Waals surface area contributed by atoms with Gasteiger partial charge in [0, 0.05) is 9.64 Å². The Morgan fingerprint density at radius 3 is 2.80 bits per heavy atom. The van der Waals surface area contributed by atoms with Crippen molar-refractivity contribution in [1.82, 2.24) is 9.97 Å². The molecule has 0 saturated carbocycles. The molecule has 20 heavy (non-hydrogen) atoms. The maximum absolute atomic E-state index is 13.0. The molecule has 0 saturated heterocycles. The fourth-order valence-electron chi connectivity index (χ4n) is 1.40. The van der Waals surface area contributed by atoms with E-state index >= 15 is 0 Å². The highest BCUT2D eigenvalue weighted by molar-refractivity contribution is 14.1. The number of carbonyl (C=O) groups excluding carboxylic acids is 1. The molecule has 0 spiro atoms. The lowest BCUT2D eigenvalue weighted by Crippen LogP contribution is -2.16. The minimum atomic E-state index is -0.460. The second kappa shape index (κ2) is 6.31. The first kappa shape index (κ1) is 14.9. The highest BCUT2D eigenvalue weighted by Gasteiger charge is 2.13. The molecule has 1 N–H and O–H groups in total. The number of hydrogen-bond acceptors (Lipinski definition) is 4. The average Bonchev–Trinajstić information content (AvgIpc) is 2.37. The van der Waals surface area contributed by atoms with Crippen LogP contribution in [-0.4, -0.2) is 23.0 Å². The predicted molar refractivity (Wildman–Crippen MR) is 80.7 cm³/mol. The highest BCUT2D eigenvalue weighted by Crippen LogP contribution is 2.18. The first-order valence-electron chi connectivity index (χ1n) is 5.34. The first-order valence-corrected chi connectivity index (χ1v) is 6.80. The Bertz CT molecular complexity index is 669. The number of rotatable bonds is 3. The molecular weight excluding hydrogens is 400 g/mol. The summed E-state index contributed by atoms with van der Waals surface area (Å²) in [5, 5.41) is 2.62. The summed E-state index contributed by atoms with van der Waals surface area (Å²) in [6.45, 7) is 0. The molecule has 1 aromatic heterocycles. The van der Waals surface area contributed by atoms with Gasteiger partial charge in [-0.25, -0.2) is 9.37 Å². The van der Waals surface area contributed by atoms with Crippen molar-refractivity contribution >= 4 is 46.0 Å². The third kappa shape index (κ3) is 3.54. The van der Waals surface area contributed by atoms with Gasteiger partial charge in [0.1, 0.15) is 11.0 Å². The smallest absolute Gasteiger partial charge is 0.259 e. The number of methoxy groups -OCH3 is 1. The van der Waals surface area contributed by atoms with Crippen LogP contribution in [0.25, 0.3) is 0 Å². The zero-order valence-corrected chi connectivity index (χ0v) is 13.1. The summed E-state index contributed by atoms with van der Waals surface area (Å²) < 4.78 is 18.4. The molecule has 104 valence electrons. The fraction of sp³-hybridized carbons (Fsp3) is 0.0833. The number of amides is 1. The maximum atomic E-state index is 13.0. The summed E-state index contributed by atoms with van der Waals surface area (Å²) in [7, 11) is 1.42. The Morgan fingerprint density at radius 2 is 2.15 bits per heavy atom. The van der Waals surface area contributed by atoms with Gasteiger partial charge in [-0.3, -0.25) is 10.1 Å². The number of nitrogens with zero attached hydrogens (tertiary/aromatic N) is 2. The Hall–Kier alpha value is -1.48. The van der Waals surface area contributed by atoms with Crippen LogP contribution in [0.15, 0.2) is 24.3 Å². The normalized spacial score (nSPS) is 10.2. The van der Waals surface area contributed by atoms with Crippen LogP contribution in [0.5, 0.6) is 5.88 Å². The minimum absolute atomic E-state index is 0.0134. The Labute approximate surface area is 132 Å². The van der Waals surface area contributed by atoms with E-state index in [9.17, 15) is 9.18 Å². The lowest BCUT2D eigenvalue weighted by Gasteiger charge is -2.07. The predicted octanol–water partition coefficient (Wildman–Crippen LogP) is 3.13. The van der Waals surface area contributed by atoms with E-state index in [1.165, 1.54) is 31.4 Å². The molecule has 0 bridgehead atoms. The highest BCUT2D eigenvalue weighted by atomic mass is 127. The number of carbonyl (C=O) groups is 1. The van der Waals surface area contributed by atoms with Gasteiger partial charge in [-0.15, -0.1) is 0 Å². The molecule has 8 heteroatoms. The molecule has 0 aliphatic rings. The van der Waals surface area contributed by atoms with Gasteiger partial charge >= 0.3 is 0 Å². The van der Waals surface area contributed by atoms with Gasteiger partial charge < -0.3 is 4.74 Å². The summed E-state index contributed by atoms with van der Waals surface area (Å²) in [6.07, 6.45) is 0. The zero-order valence-electron chi connectivity index (χ0n) is 10.2.